The first-order chi connectivity index (χ1) is 10.3. The maximum atomic E-state index is 12.5. The molecule has 106 valence electrons. The zero-order valence-corrected chi connectivity index (χ0v) is 11.8. The van der Waals surface area contributed by atoms with Crippen molar-refractivity contribution in [2.45, 2.75) is 6.42 Å². The van der Waals surface area contributed by atoms with Crippen LogP contribution in [0.3, 0.4) is 0 Å². The van der Waals surface area contributed by atoms with Gasteiger partial charge in [-0.15, -0.1) is 0 Å². The quantitative estimate of drug-likeness (QED) is 0.859. The van der Waals surface area contributed by atoms with Crippen molar-refractivity contribution in [3.8, 4) is 5.75 Å². The highest BCUT2D eigenvalue weighted by Gasteiger charge is 2.26. The van der Waals surface area contributed by atoms with Crippen LogP contribution in [0, 0.1) is 0 Å². The van der Waals surface area contributed by atoms with Gasteiger partial charge in [0.05, 0.1) is 6.54 Å². The summed E-state index contributed by atoms with van der Waals surface area (Å²) in [5.41, 5.74) is 2.65. The van der Waals surface area contributed by atoms with Crippen LogP contribution in [-0.2, 0) is 6.42 Å². The van der Waals surface area contributed by atoms with E-state index in [1.807, 2.05) is 54.6 Å². The van der Waals surface area contributed by atoms with Gasteiger partial charge in [-0.3, -0.25) is 4.79 Å². The van der Waals surface area contributed by atoms with Crippen molar-refractivity contribution in [2.24, 2.45) is 0 Å². The van der Waals surface area contributed by atoms with Crippen LogP contribution in [0.5, 0.6) is 5.75 Å². The van der Waals surface area contributed by atoms with Crippen LogP contribution in [0.25, 0.3) is 0 Å². The van der Waals surface area contributed by atoms with Gasteiger partial charge < -0.3 is 9.64 Å². The van der Waals surface area contributed by atoms with Crippen molar-refractivity contribution < 1.29 is 9.53 Å². The van der Waals surface area contributed by atoms with Gasteiger partial charge in [-0.25, -0.2) is 0 Å². The SMILES string of the molecule is C=C1Cc2ccccc2C(=O)N1CCOc1ccccc1. The predicted molar refractivity (Wildman–Crippen MR) is 82.3 cm³/mol. The van der Waals surface area contributed by atoms with Gasteiger partial charge in [0.1, 0.15) is 12.4 Å². The molecule has 0 aromatic heterocycles. The fourth-order valence-electron chi connectivity index (χ4n) is 2.52. The third-order valence-corrected chi connectivity index (χ3v) is 3.60. The minimum Gasteiger partial charge on any atom is -0.492 e. The molecule has 21 heavy (non-hydrogen) atoms. The van der Waals surface area contributed by atoms with Crippen LogP contribution in [0.4, 0.5) is 0 Å². The Kier molecular flexibility index (Phi) is 3.73. The summed E-state index contributed by atoms with van der Waals surface area (Å²) in [6, 6.07) is 17.3. The summed E-state index contributed by atoms with van der Waals surface area (Å²) in [5.74, 6) is 0.825. The highest BCUT2D eigenvalue weighted by atomic mass is 16.5. The second-order valence-corrected chi connectivity index (χ2v) is 5.02. The van der Waals surface area contributed by atoms with E-state index in [2.05, 4.69) is 6.58 Å². The molecule has 3 rings (SSSR count). The average molecular weight is 279 g/mol. The Morgan fingerprint density at radius 2 is 1.76 bits per heavy atom. The van der Waals surface area contributed by atoms with Crippen molar-refractivity contribution in [1.29, 1.82) is 0 Å². The molecule has 1 aliphatic rings. The fourth-order valence-corrected chi connectivity index (χ4v) is 2.52. The highest BCUT2D eigenvalue weighted by Crippen LogP contribution is 2.24. The number of amides is 1. The van der Waals surface area contributed by atoms with Crippen molar-refractivity contribution >= 4 is 5.91 Å². The van der Waals surface area contributed by atoms with E-state index in [0.29, 0.717) is 19.6 Å². The van der Waals surface area contributed by atoms with Gasteiger partial charge in [-0.2, -0.15) is 0 Å². The molecule has 0 spiro atoms. The highest BCUT2D eigenvalue weighted by molar-refractivity contribution is 5.98. The van der Waals surface area contributed by atoms with Crippen LogP contribution in [-0.4, -0.2) is 24.0 Å². The fraction of sp³-hybridized carbons (Fsp3) is 0.167. The number of carbonyl (C=O) groups excluding carboxylic acids is 1. The van der Waals surface area contributed by atoms with Crippen molar-refractivity contribution in [1.82, 2.24) is 4.90 Å². The Labute approximate surface area is 124 Å². The van der Waals surface area contributed by atoms with Gasteiger partial charge >= 0.3 is 0 Å². The van der Waals surface area contributed by atoms with E-state index in [0.717, 1.165) is 22.6 Å². The molecule has 3 heteroatoms. The number of nitrogens with zero attached hydrogens (tertiary/aromatic N) is 1. The van der Waals surface area contributed by atoms with Gasteiger partial charge in [0.2, 0.25) is 0 Å². The lowest BCUT2D eigenvalue weighted by Crippen LogP contribution is -2.38. The number of benzene rings is 2. The molecule has 0 aliphatic carbocycles. The van der Waals surface area contributed by atoms with Crippen LogP contribution in [0.2, 0.25) is 0 Å². The van der Waals surface area contributed by atoms with Crippen molar-refractivity contribution in [2.75, 3.05) is 13.2 Å². The zero-order valence-electron chi connectivity index (χ0n) is 11.8. The Morgan fingerprint density at radius 1 is 1.05 bits per heavy atom. The monoisotopic (exact) mass is 279 g/mol. The number of carbonyl (C=O) groups is 1. The molecule has 0 saturated carbocycles. The summed E-state index contributed by atoms with van der Waals surface area (Å²) in [6.07, 6.45) is 0.716. The van der Waals surface area contributed by atoms with E-state index in [9.17, 15) is 4.79 Å². The average Bonchev–Trinajstić information content (AvgIpc) is 2.51. The molecule has 2 aromatic rings. The first kappa shape index (κ1) is 13.4. The smallest absolute Gasteiger partial charge is 0.258 e. The van der Waals surface area contributed by atoms with E-state index >= 15 is 0 Å². The Balaban J connectivity index is 1.66. The molecule has 1 amide bonds. The van der Waals surface area contributed by atoms with E-state index in [4.69, 9.17) is 4.74 Å². The van der Waals surface area contributed by atoms with Crippen LogP contribution >= 0.6 is 0 Å². The molecule has 0 bridgehead atoms. The van der Waals surface area contributed by atoms with Gasteiger partial charge in [-0.05, 0) is 23.8 Å². The largest absolute Gasteiger partial charge is 0.492 e. The Hall–Kier alpha value is -2.55. The number of rotatable bonds is 4. The number of fused-ring (bicyclic) bond motifs is 1. The summed E-state index contributed by atoms with van der Waals surface area (Å²) >= 11 is 0. The van der Waals surface area contributed by atoms with Crippen LogP contribution in [0.1, 0.15) is 15.9 Å². The van der Waals surface area contributed by atoms with Gasteiger partial charge in [0, 0.05) is 17.7 Å². The molecule has 0 N–H and O–H groups in total. The summed E-state index contributed by atoms with van der Waals surface area (Å²) in [5, 5.41) is 0. The third-order valence-electron chi connectivity index (χ3n) is 3.60. The zero-order chi connectivity index (χ0) is 14.7. The van der Waals surface area contributed by atoms with Crippen molar-refractivity contribution in [3.63, 3.8) is 0 Å². The van der Waals surface area contributed by atoms with Crippen LogP contribution < -0.4 is 4.74 Å². The third kappa shape index (κ3) is 2.82. The Morgan fingerprint density at radius 3 is 2.57 bits per heavy atom. The molecular weight excluding hydrogens is 262 g/mol. The molecule has 0 saturated heterocycles. The number of allylic oxidation sites excluding steroid dienone is 1. The summed E-state index contributed by atoms with van der Waals surface area (Å²) in [4.78, 5) is 14.2. The Bertz CT molecular complexity index is 664. The predicted octanol–water partition coefficient (Wildman–Crippen LogP) is 3.28. The van der Waals surface area contributed by atoms with E-state index < -0.39 is 0 Å². The molecule has 0 unspecified atom stereocenters. The normalized spacial score (nSPS) is 14.0. The van der Waals surface area contributed by atoms with E-state index in [1.165, 1.54) is 0 Å². The molecule has 2 aromatic carbocycles. The molecular formula is C18H17NO2. The summed E-state index contributed by atoms with van der Waals surface area (Å²) in [7, 11) is 0. The number of ether oxygens (including phenoxy) is 1. The molecule has 1 aliphatic heterocycles. The molecule has 1 heterocycles. The summed E-state index contributed by atoms with van der Waals surface area (Å²) < 4.78 is 5.66. The lowest BCUT2D eigenvalue weighted by Gasteiger charge is -2.30. The second kappa shape index (κ2) is 5.83. The minimum absolute atomic E-state index is 0.0125. The first-order valence-corrected chi connectivity index (χ1v) is 7.01. The molecule has 3 nitrogen and oxygen atoms in total. The second-order valence-electron chi connectivity index (χ2n) is 5.02. The number of para-hydroxylation sites is 1. The maximum Gasteiger partial charge on any atom is 0.258 e. The first-order valence-electron chi connectivity index (χ1n) is 7.01. The van der Waals surface area contributed by atoms with E-state index in [1.54, 1.807) is 4.90 Å². The minimum atomic E-state index is 0.0125. The molecule has 0 atom stereocenters. The van der Waals surface area contributed by atoms with Crippen molar-refractivity contribution in [3.05, 3.63) is 78.0 Å². The number of hydrogen-bond donors (Lipinski definition) is 0. The maximum absolute atomic E-state index is 12.5. The van der Waals surface area contributed by atoms with Gasteiger partial charge in [0.15, 0.2) is 0 Å². The molecule has 0 fully saturated rings. The standard InChI is InChI=1S/C18H17NO2/c1-14-13-15-7-5-6-10-17(15)18(20)19(14)11-12-21-16-8-3-2-4-9-16/h2-10H,1,11-13H2. The number of hydrogen-bond acceptors (Lipinski definition) is 2. The van der Waals surface area contributed by atoms with Crippen LogP contribution in [0.15, 0.2) is 66.9 Å². The lowest BCUT2D eigenvalue weighted by molar-refractivity contribution is 0.0770. The lowest BCUT2D eigenvalue weighted by atomic mass is 9.97. The van der Waals surface area contributed by atoms with E-state index in [-0.39, 0.29) is 5.91 Å². The van der Waals surface area contributed by atoms with Gasteiger partial charge in [0.25, 0.3) is 5.91 Å². The molecule has 0 radical (unpaired) electrons. The topological polar surface area (TPSA) is 29.5 Å². The summed E-state index contributed by atoms with van der Waals surface area (Å²) in [6.45, 7) is 4.99. The van der Waals surface area contributed by atoms with Gasteiger partial charge in [-0.1, -0.05) is 43.0 Å².